The lowest BCUT2D eigenvalue weighted by Crippen LogP contribution is -2.47. The Morgan fingerprint density at radius 3 is 2.33 bits per heavy atom. The van der Waals surface area contributed by atoms with Gasteiger partial charge in [0.2, 0.25) is 5.91 Å². The number of carbonyl (C=O) groups is 2. The fourth-order valence-corrected chi connectivity index (χ4v) is 2.63. The Morgan fingerprint density at radius 2 is 1.86 bits per heavy atom. The zero-order valence-electron chi connectivity index (χ0n) is 12.5. The van der Waals surface area contributed by atoms with Crippen LogP contribution < -0.4 is 16.4 Å². The number of amides is 2. The summed E-state index contributed by atoms with van der Waals surface area (Å²) in [6.07, 6.45) is 1.43. The van der Waals surface area contributed by atoms with Crippen molar-refractivity contribution in [2.75, 3.05) is 19.6 Å². The number of halogens is 1. The molecule has 5 nitrogen and oxygen atoms in total. The molecular weight excluding hydrogens is 310 g/mol. The highest BCUT2D eigenvalue weighted by Gasteiger charge is 2.32. The molecule has 1 aromatic heterocycles. The van der Waals surface area contributed by atoms with Crippen LogP contribution in [0.15, 0.2) is 17.5 Å². The number of thiophene rings is 1. The molecule has 2 amide bonds. The highest BCUT2D eigenvalue weighted by atomic mass is 35.5. The van der Waals surface area contributed by atoms with Crippen LogP contribution in [0.4, 0.5) is 0 Å². The maximum atomic E-state index is 12.1. The SMILES string of the molecule is CCC(CC)(CN)C(=O)NCCNC(=O)c1cccs1.Cl. The second-order valence-corrected chi connectivity index (χ2v) is 5.63. The van der Waals surface area contributed by atoms with Gasteiger partial charge in [0.05, 0.1) is 10.3 Å². The molecule has 0 fully saturated rings. The molecule has 0 saturated carbocycles. The van der Waals surface area contributed by atoms with Gasteiger partial charge >= 0.3 is 0 Å². The second-order valence-electron chi connectivity index (χ2n) is 4.68. The summed E-state index contributed by atoms with van der Waals surface area (Å²) in [5.41, 5.74) is 5.23. The normalized spacial score (nSPS) is 10.6. The van der Waals surface area contributed by atoms with Gasteiger partial charge in [0, 0.05) is 19.6 Å². The summed E-state index contributed by atoms with van der Waals surface area (Å²) in [6, 6.07) is 3.60. The molecule has 0 saturated heterocycles. The first kappa shape index (κ1) is 19.9. The van der Waals surface area contributed by atoms with Crippen molar-refractivity contribution in [2.45, 2.75) is 26.7 Å². The van der Waals surface area contributed by atoms with Crippen LogP contribution in [0.2, 0.25) is 0 Å². The molecule has 1 heterocycles. The second kappa shape index (κ2) is 9.76. The van der Waals surface area contributed by atoms with Crippen molar-refractivity contribution < 1.29 is 9.59 Å². The molecule has 0 unspecified atom stereocenters. The average molecular weight is 334 g/mol. The Bertz CT molecular complexity index is 425. The van der Waals surface area contributed by atoms with Gasteiger partial charge < -0.3 is 16.4 Å². The Kier molecular flexibility index (Phi) is 9.24. The van der Waals surface area contributed by atoms with Crippen LogP contribution in [-0.2, 0) is 4.79 Å². The number of carbonyl (C=O) groups excluding carboxylic acids is 2. The van der Waals surface area contributed by atoms with E-state index >= 15 is 0 Å². The van der Waals surface area contributed by atoms with Crippen molar-refractivity contribution in [1.29, 1.82) is 0 Å². The topological polar surface area (TPSA) is 84.2 Å². The quantitative estimate of drug-likeness (QED) is 0.634. The minimum atomic E-state index is -0.488. The van der Waals surface area contributed by atoms with Crippen LogP contribution in [0.5, 0.6) is 0 Å². The fourth-order valence-electron chi connectivity index (χ4n) is 1.99. The van der Waals surface area contributed by atoms with E-state index in [4.69, 9.17) is 5.73 Å². The van der Waals surface area contributed by atoms with Crippen molar-refractivity contribution in [3.05, 3.63) is 22.4 Å². The number of rotatable bonds is 8. The van der Waals surface area contributed by atoms with E-state index in [1.54, 1.807) is 6.07 Å². The summed E-state index contributed by atoms with van der Waals surface area (Å²) < 4.78 is 0. The molecule has 4 N–H and O–H groups in total. The molecule has 1 aromatic rings. The molecule has 120 valence electrons. The predicted octanol–water partition coefficient (Wildman–Crippen LogP) is 1.78. The van der Waals surface area contributed by atoms with Crippen molar-refractivity contribution in [3.63, 3.8) is 0 Å². The molecule has 0 aromatic carbocycles. The van der Waals surface area contributed by atoms with Gasteiger partial charge in [-0.25, -0.2) is 0 Å². The fraction of sp³-hybridized carbons (Fsp3) is 0.571. The first-order valence-corrected chi connectivity index (χ1v) is 7.77. The van der Waals surface area contributed by atoms with Crippen molar-refractivity contribution in [3.8, 4) is 0 Å². The molecular formula is C14H24ClN3O2S. The van der Waals surface area contributed by atoms with Gasteiger partial charge in [0.15, 0.2) is 0 Å². The number of hydrogen-bond acceptors (Lipinski definition) is 4. The maximum Gasteiger partial charge on any atom is 0.261 e. The Hall–Kier alpha value is -1.11. The van der Waals surface area contributed by atoms with Crippen LogP contribution in [-0.4, -0.2) is 31.4 Å². The van der Waals surface area contributed by atoms with Crippen molar-refractivity contribution >= 4 is 35.6 Å². The Labute approximate surface area is 136 Å². The van der Waals surface area contributed by atoms with Crippen LogP contribution in [0, 0.1) is 5.41 Å². The summed E-state index contributed by atoms with van der Waals surface area (Å²) in [5, 5.41) is 7.47. The molecule has 0 aliphatic heterocycles. The highest BCUT2D eigenvalue weighted by Crippen LogP contribution is 2.24. The molecule has 0 spiro atoms. The van der Waals surface area contributed by atoms with Gasteiger partial charge in [0.1, 0.15) is 0 Å². The van der Waals surface area contributed by atoms with E-state index in [9.17, 15) is 9.59 Å². The van der Waals surface area contributed by atoms with Gasteiger partial charge in [-0.05, 0) is 24.3 Å². The molecule has 21 heavy (non-hydrogen) atoms. The zero-order chi connectivity index (χ0) is 15.0. The lowest BCUT2D eigenvalue weighted by molar-refractivity contribution is -0.130. The van der Waals surface area contributed by atoms with E-state index in [1.807, 2.05) is 25.3 Å². The smallest absolute Gasteiger partial charge is 0.261 e. The summed E-state index contributed by atoms with van der Waals surface area (Å²) in [7, 11) is 0. The minimum Gasteiger partial charge on any atom is -0.354 e. The number of hydrogen-bond donors (Lipinski definition) is 3. The molecule has 7 heteroatoms. The largest absolute Gasteiger partial charge is 0.354 e. The number of nitrogens with one attached hydrogen (secondary N) is 2. The first-order valence-electron chi connectivity index (χ1n) is 6.89. The van der Waals surface area contributed by atoms with Crippen LogP contribution in [0.1, 0.15) is 36.4 Å². The molecule has 0 bridgehead atoms. The van der Waals surface area contributed by atoms with E-state index in [0.717, 1.165) is 0 Å². The van der Waals surface area contributed by atoms with Gasteiger partial charge in [-0.15, -0.1) is 23.7 Å². The summed E-state index contributed by atoms with van der Waals surface area (Å²) >= 11 is 1.39. The molecule has 0 atom stereocenters. The van der Waals surface area contributed by atoms with E-state index in [0.29, 0.717) is 37.4 Å². The van der Waals surface area contributed by atoms with E-state index in [2.05, 4.69) is 10.6 Å². The van der Waals surface area contributed by atoms with Crippen LogP contribution in [0.3, 0.4) is 0 Å². The van der Waals surface area contributed by atoms with Crippen LogP contribution in [0.25, 0.3) is 0 Å². The van der Waals surface area contributed by atoms with Gasteiger partial charge in [-0.1, -0.05) is 19.9 Å². The molecule has 1 rings (SSSR count). The third-order valence-electron chi connectivity index (χ3n) is 3.67. The van der Waals surface area contributed by atoms with Gasteiger partial charge in [0.25, 0.3) is 5.91 Å². The highest BCUT2D eigenvalue weighted by molar-refractivity contribution is 7.12. The Balaban J connectivity index is 0.00000400. The first-order chi connectivity index (χ1) is 9.59. The lowest BCUT2D eigenvalue weighted by Gasteiger charge is -2.28. The van der Waals surface area contributed by atoms with Gasteiger partial charge in [-0.2, -0.15) is 0 Å². The third kappa shape index (κ3) is 5.30. The summed E-state index contributed by atoms with van der Waals surface area (Å²) in [4.78, 5) is 24.5. The maximum absolute atomic E-state index is 12.1. The summed E-state index contributed by atoms with van der Waals surface area (Å²) in [6.45, 7) is 5.10. The van der Waals surface area contributed by atoms with Gasteiger partial charge in [-0.3, -0.25) is 9.59 Å². The zero-order valence-corrected chi connectivity index (χ0v) is 14.1. The van der Waals surface area contributed by atoms with E-state index in [-0.39, 0.29) is 24.2 Å². The molecule has 0 aliphatic carbocycles. The molecule has 0 aliphatic rings. The van der Waals surface area contributed by atoms with Crippen molar-refractivity contribution in [2.24, 2.45) is 11.1 Å². The average Bonchev–Trinajstić information content (AvgIpc) is 3.00. The number of nitrogens with two attached hydrogens (primary N) is 1. The minimum absolute atomic E-state index is 0. The van der Waals surface area contributed by atoms with Crippen LogP contribution >= 0.6 is 23.7 Å². The predicted molar refractivity (Wildman–Crippen MR) is 89.0 cm³/mol. The van der Waals surface area contributed by atoms with Crippen molar-refractivity contribution in [1.82, 2.24) is 10.6 Å². The monoisotopic (exact) mass is 333 g/mol. The van der Waals surface area contributed by atoms with E-state index in [1.165, 1.54) is 11.3 Å². The van der Waals surface area contributed by atoms with E-state index < -0.39 is 5.41 Å². The standard InChI is InChI=1S/C14H23N3O2S.ClH/c1-3-14(4-2,10-15)13(19)17-8-7-16-12(18)11-6-5-9-20-11;/h5-6,9H,3-4,7-8,10,15H2,1-2H3,(H,16,18)(H,17,19);1H. The molecule has 0 radical (unpaired) electrons. The Morgan fingerprint density at radius 1 is 1.24 bits per heavy atom. The third-order valence-corrected chi connectivity index (χ3v) is 4.54. The lowest BCUT2D eigenvalue weighted by atomic mass is 9.81. The summed E-state index contributed by atoms with van der Waals surface area (Å²) in [5.74, 6) is -0.138.